The van der Waals surface area contributed by atoms with Crippen molar-refractivity contribution in [2.45, 2.75) is 77.1 Å². The zero-order chi connectivity index (χ0) is 25.4. The van der Waals surface area contributed by atoms with Gasteiger partial charge in [-0.3, -0.25) is 0 Å². The predicted molar refractivity (Wildman–Crippen MR) is 155 cm³/mol. The van der Waals surface area contributed by atoms with Crippen molar-refractivity contribution < 1.29 is 14.3 Å². The number of hydrogen-bond donors (Lipinski definition) is 0. The molecule has 0 spiro atoms. The topological polar surface area (TPSA) is 42.0 Å². The number of rotatable bonds is 4. The van der Waals surface area contributed by atoms with Crippen molar-refractivity contribution in [2.24, 2.45) is 0 Å². The zero-order valence-corrected chi connectivity index (χ0v) is 23.7. The van der Waals surface area contributed by atoms with Crippen LogP contribution in [0.2, 0.25) is 0 Å². The fraction of sp³-hybridized carbons (Fsp3) is 0.433. The lowest BCUT2D eigenvalue weighted by molar-refractivity contribution is 0.00613. The summed E-state index contributed by atoms with van der Waals surface area (Å²) in [5.41, 5.74) is 4.08. The van der Waals surface area contributed by atoms with Crippen LogP contribution in [0.4, 0.5) is 16.2 Å². The van der Waals surface area contributed by atoms with E-state index < -0.39 is 5.60 Å². The maximum Gasteiger partial charge on any atom is 0.410 e. The van der Waals surface area contributed by atoms with E-state index in [4.69, 9.17) is 9.47 Å². The molecule has 3 aliphatic heterocycles. The minimum Gasteiger partial charge on any atom is -0.453 e. The van der Waals surface area contributed by atoms with E-state index in [1.807, 2.05) is 38.7 Å². The summed E-state index contributed by atoms with van der Waals surface area (Å²) in [6.45, 7) is 7.86. The monoisotopic (exact) mass is 598 g/mol. The molecular weight excluding hydrogens is 563 g/mol. The SMILES string of the molecule is C/C=C\C(=C/CI)c1ccc2c(c1)Oc1ccccc1N2[C@@H]1C[C@H]2CC[C@@H](C1)N2C(=O)OC(C)(C)C. The normalized spacial score (nSPS) is 23.4. The first-order valence-electron chi connectivity index (χ1n) is 12.9. The second kappa shape index (κ2) is 10.1. The van der Waals surface area contributed by atoms with Gasteiger partial charge in [0.15, 0.2) is 11.5 Å². The first-order valence-corrected chi connectivity index (χ1v) is 14.4. The molecule has 0 N–H and O–H groups in total. The molecule has 0 radical (unpaired) electrons. The molecule has 36 heavy (non-hydrogen) atoms. The number of benzene rings is 2. The number of halogens is 1. The van der Waals surface area contributed by atoms with Crippen LogP contribution >= 0.6 is 22.6 Å². The van der Waals surface area contributed by atoms with Gasteiger partial charge in [-0.15, -0.1) is 0 Å². The molecule has 2 aromatic carbocycles. The number of allylic oxidation sites excluding steroid dienone is 4. The number of carbonyl (C=O) groups excluding carboxylic acids is 1. The Kier molecular flexibility index (Phi) is 7.07. The zero-order valence-electron chi connectivity index (χ0n) is 21.5. The van der Waals surface area contributed by atoms with Gasteiger partial charge in [-0.2, -0.15) is 0 Å². The number of alkyl halides is 1. The van der Waals surface area contributed by atoms with Crippen molar-refractivity contribution >= 4 is 45.6 Å². The number of carbonyl (C=O) groups is 1. The third-order valence-corrected chi connectivity index (χ3v) is 7.66. The van der Waals surface area contributed by atoms with E-state index >= 15 is 0 Å². The van der Waals surface area contributed by atoms with Crippen molar-refractivity contribution in [1.82, 2.24) is 4.90 Å². The van der Waals surface area contributed by atoms with Crippen LogP contribution in [0.3, 0.4) is 0 Å². The van der Waals surface area contributed by atoms with Gasteiger partial charge in [0.2, 0.25) is 0 Å². The van der Waals surface area contributed by atoms with Gasteiger partial charge in [-0.1, -0.05) is 59.0 Å². The molecule has 5 rings (SSSR count). The van der Waals surface area contributed by atoms with E-state index in [-0.39, 0.29) is 24.2 Å². The molecule has 190 valence electrons. The third kappa shape index (κ3) is 4.89. The van der Waals surface area contributed by atoms with E-state index in [0.717, 1.165) is 58.5 Å². The molecule has 6 heteroatoms. The van der Waals surface area contributed by atoms with Crippen LogP contribution in [-0.2, 0) is 4.74 Å². The van der Waals surface area contributed by atoms with Crippen molar-refractivity contribution in [1.29, 1.82) is 0 Å². The summed E-state index contributed by atoms with van der Waals surface area (Å²) in [5.74, 6) is 1.77. The molecule has 3 atom stereocenters. The van der Waals surface area contributed by atoms with Gasteiger partial charge in [0.1, 0.15) is 5.60 Å². The highest BCUT2D eigenvalue weighted by Crippen LogP contribution is 2.51. The van der Waals surface area contributed by atoms with Gasteiger partial charge < -0.3 is 19.3 Å². The average molecular weight is 599 g/mol. The number of hydrogen-bond acceptors (Lipinski definition) is 4. The Morgan fingerprint density at radius 2 is 1.75 bits per heavy atom. The summed E-state index contributed by atoms with van der Waals surface area (Å²) in [5, 5.41) is 0. The molecule has 0 aromatic heterocycles. The Balaban J connectivity index is 1.48. The van der Waals surface area contributed by atoms with Gasteiger partial charge in [-0.05, 0) is 88.8 Å². The molecule has 5 nitrogen and oxygen atoms in total. The molecule has 3 aliphatic rings. The van der Waals surface area contributed by atoms with Crippen LogP contribution in [0.25, 0.3) is 5.57 Å². The number of para-hydroxylation sites is 2. The Bertz CT molecular complexity index is 1180. The Morgan fingerprint density at radius 1 is 1.06 bits per heavy atom. The quantitative estimate of drug-likeness (QED) is 0.202. The largest absolute Gasteiger partial charge is 0.453 e. The second-order valence-electron chi connectivity index (χ2n) is 10.8. The first-order chi connectivity index (χ1) is 17.3. The smallest absolute Gasteiger partial charge is 0.410 e. The fourth-order valence-corrected chi connectivity index (χ4v) is 6.35. The minimum absolute atomic E-state index is 0.167. The minimum atomic E-state index is -0.481. The second-order valence-corrected chi connectivity index (χ2v) is 11.7. The first kappa shape index (κ1) is 25.2. The van der Waals surface area contributed by atoms with Crippen LogP contribution < -0.4 is 9.64 Å². The van der Waals surface area contributed by atoms with E-state index in [1.165, 1.54) is 5.57 Å². The lowest BCUT2D eigenvalue weighted by Crippen LogP contribution is -2.53. The van der Waals surface area contributed by atoms with E-state index in [0.29, 0.717) is 0 Å². The van der Waals surface area contributed by atoms with Gasteiger partial charge in [0.25, 0.3) is 0 Å². The molecule has 2 fully saturated rings. The number of ether oxygens (including phenoxy) is 2. The summed E-state index contributed by atoms with van der Waals surface area (Å²) in [7, 11) is 0. The number of nitrogens with zero attached hydrogens (tertiary/aromatic N) is 2. The number of anilines is 2. The van der Waals surface area contributed by atoms with Crippen LogP contribution in [-0.4, -0.2) is 39.1 Å². The summed E-state index contributed by atoms with van der Waals surface area (Å²) in [4.78, 5) is 17.5. The Morgan fingerprint density at radius 3 is 2.42 bits per heavy atom. The van der Waals surface area contributed by atoms with E-state index in [9.17, 15) is 4.79 Å². The van der Waals surface area contributed by atoms with Gasteiger partial charge in [0, 0.05) is 22.6 Å². The maximum absolute atomic E-state index is 13.0. The third-order valence-electron chi connectivity index (χ3n) is 7.22. The predicted octanol–water partition coefficient (Wildman–Crippen LogP) is 8.26. The molecule has 1 amide bonds. The van der Waals surface area contributed by atoms with E-state index in [1.54, 1.807) is 0 Å². The van der Waals surface area contributed by atoms with Gasteiger partial charge in [0.05, 0.1) is 11.4 Å². The molecule has 2 aromatic rings. The molecule has 2 bridgehead atoms. The highest BCUT2D eigenvalue weighted by molar-refractivity contribution is 14.1. The summed E-state index contributed by atoms with van der Waals surface area (Å²) in [6.07, 6.45) is 10.2. The van der Waals surface area contributed by atoms with Crippen LogP contribution in [0, 0.1) is 0 Å². The van der Waals surface area contributed by atoms with E-state index in [2.05, 4.69) is 82.1 Å². The molecule has 3 heterocycles. The Labute approximate surface area is 228 Å². The summed E-state index contributed by atoms with van der Waals surface area (Å²) >= 11 is 2.38. The molecule has 0 aliphatic carbocycles. The summed E-state index contributed by atoms with van der Waals surface area (Å²) < 4.78 is 13.2. The van der Waals surface area contributed by atoms with Crippen LogP contribution in [0.1, 0.15) is 58.9 Å². The van der Waals surface area contributed by atoms with Crippen LogP contribution in [0.5, 0.6) is 11.5 Å². The molecule has 0 unspecified atom stereocenters. The molecule has 2 saturated heterocycles. The average Bonchev–Trinajstić information content (AvgIpc) is 3.11. The van der Waals surface area contributed by atoms with Crippen molar-refractivity contribution in [3.63, 3.8) is 0 Å². The summed E-state index contributed by atoms with van der Waals surface area (Å²) in [6, 6.07) is 15.6. The number of fused-ring (bicyclic) bond motifs is 4. The lowest BCUT2D eigenvalue weighted by Gasteiger charge is -2.45. The van der Waals surface area contributed by atoms with Gasteiger partial charge in [-0.25, -0.2) is 4.79 Å². The Hall–Kier alpha value is -2.48. The maximum atomic E-state index is 13.0. The molecular formula is C30H35IN2O3. The number of amides is 1. The van der Waals surface area contributed by atoms with Crippen molar-refractivity contribution in [2.75, 3.05) is 9.33 Å². The lowest BCUT2D eigenvalue weighted by atomic mass is 9.93. The van der Waals surface area contributed by atoms with Gasteiger partial charge >= 0.3 is 6.09 Å². The number of piperidine rings is 1. The standard InChI is InChI=1S/C30H35IN2O3/c1-5-8-20(15-16-31)21-11-14-26-28(17-21)35-27-10-7-6-9-25(27)33(26)24-18-22-12-13-23(19-24)32(22)29(34)36-30(2,3)4/h5-11,14-15,17,22-24H,12-13,16,18-19H2,1-4H3/b8-5-,20-15+/t22-,23+,24-. The van der Waals surface area contributed by atoms with Crippen molar-refractivity contribution in [3.05, 3.63) is 66.3 Å². The van der Waals surface area contributed by atoms with Crippen molar-refractivity contribution in [3.8, 4) is 11.5 Å². The fourth-order valence-electron chi connectivity index (χ4n) is 5.88. The van der Waals surface area contributed by atoms with Crippen LogP contribution in [0.15, 0.2) is 60.7 Å². The molecule has 0 saturated carbocycles. The highest BCUT2D eigenvalue weighted by Gasteiger charge is 2.47. The highest BCUT2D eigenvalue weighted by atomic mass is 127.